The lowest BCUT2D eigenvalue weighted by molar-refractivity contribution is -0.131. The Labute approximate surface area is 140 Å². The number of nitrogens with one attached hydrogen (secondary N) is 1. The van der Waals surface area contributed by atoms with Gasteiger partial charge in [0.2, 0.25) is 11.8 Å². The molecule has 1 fully saturated rings. The van der Waals surface area contributed by atoms with Crippen molar-refractivity contribution in [1.29, 1.82) is 0 Å². The van der Waals surface area contributed by atoms with E-state index in [1.807, 2.05) is 0 Å². The highest BCUT2D eigenvalue weighted by Crippen LogP contribution is 2.22. The molecule has 1 aliphatic heterocycles. The molecule has 0 bridgehead atoms. The molecule has 22 heavy (non-hydrogen) atoms. The SMILES string of the molecule is CNC(=O)C1CCN(C(=O)/C=C/c2ccc(Cl)cc2Cl)CC1. The molecular formula is C16H18Cl2N2O2. The van der Waals surface area contributed by atoms with Crippen LogP contribution in [0.3, 0.4) is 0 Å². The second-order valence-electron chi connectivity index (χ2n) is 5.21. The Morgan fingerprint density at radius 3 is 2.55 bits per heavy atom. The van der Waals surface area contributed by atoms with Crippen molar-refractivity contribution >= 4 is 41.1 Å². The zero-order chi connectivity index (χ0) is 16.1. The molecule has 1 aromatic rings. The van der Waals surface area contributed by atoms with E-state index in [2.05, 4.69) is 5.32 Å². The zero-order valence-electron chi connectivity index (χ0n) is 12.3. The van der Waals surface area contributed by atoms with Gasteiger partial charge in [-0.15, -0.1) is 0 Å². The second kappa shape index (κ2) is 7.65. The number of carbonyl (C=O) groups is 2. The van der Waals surface area contributed by atoms with E-state index in [9.17, 15) is 9.59 Å². The molecular weight excluding hydrogens is 323 g/mol. The van der Waals surface area contributed by atoms with Crippen LogP contribution in [-0.2, 0) is 9.59 Å². The number of hydrogen-bond donors (Lipinski definition) is 1. The van der Waals surface area contributed by atoms with E-state index in [-0.39, 0.29) is 17.7 Å². The van der Waals surface area contributed by atoms with E-state index in [1.165, 1.54) is 6.08 Å². The summed E-state index contributed by atoms with van der Waals surface area (Å²) in [7, 11) is 1.64. The Kier molecular flexibility index (Phi) is 5.86. The molecule has 1 saturated heterocycles. The molecule has 0 aliphatic carbocycles. The highest BCUT2D eigenvalue weighted by atomic mass is 35.5. The third kappa shape index (κ3) is 4.24. The van der Waals surface area contributed by atoms with Crippen LogP contribution in [-0.4, -0.2) is 36.9 Å². The van der Waals surface area contributed by atoms with Gasteiger partial charge in [-0.05, 0) is 36.6 Å². The van der Waals surface area contributed by atoms with E-state index in [0.717, 1.165) is 5.56 Å². The van der Waals surface area contributed by atoms with Crippen molar-refractivity contribution in [2.45, 2.75) is 12.8 Å². The van der Waals surface area contributed by atoms with Gasteiger partial charge in [0.25, 0.3) is 0 Å². The molecule has 0 aromatic heterocycles. The molecule has 1 heterocycles. The first-order valence-electron chi connectivity index (χ1n) is 7.15. The minimum Gasteiger partial charge on any atom is -0.359 e. The Hall–Kier alpha value is -1.52. The third-order valence-electron chi connectivity index (χ3n) is 3.79. The Morgan fingerprint density at radius 1 is 1.27 bits per heavy atom. The molecule has 0 radical (unpaired) electrons. The Morgan fingerprint density at radius 2 is 1.95 bits per heavy atom. The van der Waals surface area contributed by atoms with Gasteiger partial charge in [0.1, 0.15) is 0 Å². The van der Waals surface area contributed by atoms with Crippen LogP contribution >= 0.6 is 23.2 Å². The summed E-state index contributed by atoms with van der Waals surface area (Å²) in [6.45, 7) is 1.19. The number of halogens is 2. The third-order valence-corrected chi connectivity index (χ3v) is 4.35. The minimum absolute atomic E-state index is 0.00346. The Bertz CT molecular complexity index is 594. The van der Waals surface area contributed by atoms with E-state index in [4.69, 9.17) is 23.2 Å². The van der Waals surface area contributed by atoms with E-state index < -0.39 is 0 Å². The molecule has 2 rings (SSSR count). The van der Waals surface area contributed by atoms with Crippen LogP contribution in [0.1, 0.15) is 18.4 Å². The van der Waals surface area contributed by atoms with E-state index in [1.54, 1.807) is 36.2 Å². The highest BCUT2D eigenvalue weighted by molar-refractivity contribution is 6.35. The van der Waals surface area contributed by atoms with Gasteiger partial charge in [0.15, 0.2) is 0 Å². The van der Waals surface area contributed by atoms with Crippen molar-refractivity contribution in [3.8, 4) is 0 Å². The van der Waals surface area contributed by atoms with Gasteiger partial charge >= 0.3 is 0 Å². The zero-order valence-corrected chi connectivity index (χ0v) is 13.8. The quantitative estimate of drug-likeness (QED) is 0.860. The molecule has 118 valence electrons. The lowest BCUT2D eigenvalue weighted by Crippen LogP contribution is -2.41. The average molecular weight is 341 g/mol. The number of nitrogens with zero attached hydrogens (tertiary/aromatic N) is 1. The molecule has 0 unspecified atom stereocenters. The van der Waals surface area contributed by atoms with Crippen LogP contribution in [0, 0.1) is 5.92 Å². The van der Waals surface area contributed by atoms with E-state index in [0.29, 0.717) is 36.0 Å². The van der Waals surface area contributed by atoms with Gasteiger partial charge in [0, 0.05) is 42.2 Å². The Balaban J connectivity index is 1.93. The standard InChI is InChI=1S/C16H18Cl2N2O2/c1-19-16(22)12-6-8-20(9-7-12)15(21)5-3-11-2-4-13(17)10-14(11)18/h2-5,10,12H,6-9H2,1H3,(H,19,22)/b5-3+. The summed E-state index contributed by atoms with van der Waals surface area (Å²) in [6.07, 6.45) is 4.59. The summed E-state index contributed by atoms with van der Waals surface area (Å²) in [5.74, 6) is -0.0132. The fraction of sp³-hybridized carbons (Fsp3) is 0.375. The maximum absolute atomic E-state index is 12.2. The first kappa shape index (κ1) is 16.8. The number of piperidine rings is 1. The number of hydrogen-bond acceptors (Lipinski definition) is 2. The molecule has 0 atom stereocenters. The molecule has 6 heteroatoms. The summed E-state index contributed by atoms with van der Waals surface area (Å²) in [4.78, 5) is 25.5. The number of benzene rings is 1. The molecule has 0 saturated carbocycles. The van der Waals surface area contributed by atoms with Gasteiger partial charge in [-0.3, -0.25) is 9.59 Å². The molecule has 1 N–H and O–H groups in total. The molecule has 1 aromatic carbocycles. The van der Waals surface area contributed by atoms with Gasteiger partial charge < -0.3 is 10.2 Å². The second-order valence-corrected chi connectivity index (χ2v) is 6.06. The molecule has 0 spiro atoms. The van der Waals surface area contributed by atoms with Crippen molar-refractivity contribution < 1.29 is 9.59 Å². The molecule has 1 aliphatic rings. The number of likely N-dealkylation sites (tertiary alicyclic amines) is 1. The van der Waals surface area contributed by atoms with Gasteiger partial charge in [0.05, 0.1) is 0 Å². The number of rotatable bonds is 3. The normalized spacial score (nSPS) is 16.0. The van der Waals surface area contributed by atoms with Crippen LogP contribution in [0.5, 0.6) is 0 Å². The number of amides is 2. The van der Waals surface area contributed by atoms with Crippen LogP contribution < -0.4 is 5.32 Å². The summed E-state index contributed by atoms with van der Waals surface area (Å²) >= 11 is 11.9. The average Bonchev–Trinajstić information content (AvgIpc) is 2.53. The van der Waals surface area contributed by atoms with Crippen LogP contribution in [0.4, 0.5) is 0 Å². The van der Waals surface area contributed by atoms with Crippen molar-refractivity contribution in [1.82, 2.24) is 10.2 Å². The van der Waals surface area contributed by atoms with E-state index >= 15 is 0 Å². The smallest absolute Gasteiger partial charge is 0.246 e. The lowest BCUT2D eigenvalue weighted by atomic mass is 9.96. The summed E-state index contributed by atoms with van der Waals surface area (Å²) in [6, 6.07) is 5.14. The fourth-order valence-corrected chi connectivity index (χ4v) is 2.94. The summed E-state index contributed by atoms with van der Waals surface area (Å²) < 4.78 is 0. The van der Waals surface area contributed by atoms with Crippen molar-refractivity contribution in [2.75, 3.05) is 20.1 Å². The topological polar surface area (TPSA) is 49.4 Å². The molecule has 4 nitrogen and oxygen atoms in total. The minimum atomic E-state index is -0.0682. The van der Waals surface area contributed by atoms with Gasteiger partial charge in [-0.25, -0.2) is 0 Å². The fourth-order valence-electron chi connectivity index (χ4n) is 2.47. The van der Waals surface area contributed by atoms with Crippen LogP contribution in [0.2, 0.25) is 10.0 Å². The maximum Gasteiger partial charge on any atom is 0.246 e. The summed E-state index contributed by atoms with van der Waals surface area (Å²) in [5.41, 5.74) is 0.750. The highest BCUT2D eigenvalue weighted by Gasteiger charge is 2.25. The van der Waals surface area contributed by atoms with Crippen molar-refractivity contribution in [3.63, 3.8) is 0 Å². The first-order valence-corrected chi connectivity index (χ1v) is 7.90. The first-order chi connectivity index (χ1) is 10.5. The summed E-state index contributed by atoms with van der Waals surface area (Å²) in [5, 5.41) is 3.72. The largest absolute Gasteiger partial charge is 0.359 e. The van der Waals surface area contributed by atoms with Crippen molar-refractivity contribution in [2.24, 2.45) is 5.92 Å². The maximum atomic E-state index is 12.2. The lowest BCUT2D eigenvalue weighted by Gasteiger charge is -2.30. The van der Waals surface area contributed by atoms with Crippen molar-refractivity contribution in [3.05, 3.63) is 39.9 Å². The van der Waals surface area contributed by atoms with Crippen LogP contribution in [0.25, 0.3) is 6.08 Å². The molecule has 2 amide bonds. The monoisotopic (exact) mass is 340 g/mol. The predicted molar refractivity (Wildman–Crippen MR) is 88.9 cm³/mol. The van der Waals surface area contributed by atoms with Gasteiger partial charge in [-0.2, -0.15) is 0 Å². The number of carbonyl (C=O) groups excluding carboxylic acids is 2. The predicted octanol–water partition coefficient (Wildman–Crippen LogP) is 2.99. The van der Waals surface area contributed by atoms with Gasteiger partial charge in [-0.1, -0.05) is 29.3 Å². The van der Waals surface area contributed by atoms with Crippen LogP contribution in [0.15, 0.2) is 24.3 Å².